The summed E-state index contributed by atoms with van der Waals surface area (Å²) in [6.07, 6.45) is 4.28. The van der Waals surface area contributed by atoms with Crippen LogP contribution in [-0.2, 0) is 4.79 Å². The van der Waals surface area contributed by atoms with E-state index in [4.69, 9.17) is 9.84 Å². The van der Waals surface area contributed by atoms with Crippen LogP contribution in [0.1, 0.15) is 25.7 Å². The molecule has 0 spiro atoms. The third-order valence-corrected chi connectivity index (χ3v) is 3.77. The number of carboxylic acid groups (broad SMARTS) is 1. The number of nitrogens with one attached hydrogen (secondary N) is 2. The lowest BCUT2D eigenvalue weighted by Gasteiger charge is -2.40. The van der Waals surface area contributed by atoms with Crippen LogP contribution in [0.4, 0.5) is 10.5 Å². The number of amides is 2. The van der Waals surface area contributed by atoms with Crippen LogP contribution < -0.4 is 15.4 Å². The van der Waals surface area contributed by atoms with Crippen molar-refractivity contribution in [3.63, 3.8) is 0 Å². The average Bonchev–Trinajstić information content (AvgIpc) is 2.42. The second-order valence-corrected chi connectivity index (χ2v) is 5.32. The fraction of sp³-hybridized carbons (Fsp3) is 0.500. The molecule has 0 aliphatic heterocycles. The van der Waals surface area contributed by atoms with Gasteiger partial charge in [0.15, 0.2) is 0 Å². The van der Waals surface area contributed by atoms with Crippen LogP contribution in [0, 0.1) is 5.41 Å². The molecular formula is C14H19N3O4. The molecule has 2 rings (SSSR count). The third-order valence-electron chi connectivity index (χ3n) is 3.77. The van der Waals surface area contributed by atoms with Crippen LogP contribution in [0.15, 0.2) is 18.3 Å². The molecule has 0 radical (unpaired) electrons. The van der Waals surface area contributed by atoms with Gasteiger partial charge in [-0.15, -0.1) is 0 Å². The van der Waals surface area contributed by atoms with Gasteiger partial charge < -0.3 is 20.5 Å². The zero-order chi connectivity index (χ0) is 15.3. The van der Waals surface area contributed by atoms with E-state index in [1.54, 1.807) is 12.1 Å². The van der Waals surface area contributed by atoms with Crippen LogP contribution in [0.2, 0.25) is 0 Å². The Kier molecular flexibility index (Phi) is 4.62. The normalized spacial score (nSPS) is 15.7. The number of pyridine rings is 1. The van der Waals surface area contributed by atoms with Gasteiger partial charge in [-0.05, 0) is 24.3 Å². The quantitative estimate of drug-likeness (QED) is 0.743. The van der Waals surface area contributed by atoms with Gasteiger partial charge >= 0.3 is 12.0 Å². The molecule has 1 aliphatic rings. The Bertz CT molecular complexity index is 511. The first-order valence-electron chi connectivity index (χ1n) is 6.80. The molecule has 1 aliphatic carbocycles. The molecule has 1 aromatic rings. The Balaban J connectivity index is 1.82. The minimum Gasteiger partial charge on any atom is -0.481 e. The second-order valence-electron chi connectivity index (χ2n) is 5.32. The van der Waals surface area contributed by atoms with Gasteiger partial charge in [-0.25, -0.2) is 9.78 Å². The van der Waals surface area contributed by atoms with Crippen LogP contribution >= 0.6 is 0 Å². The van der Waals surface area contributed by atoms with Crippen molar-refractivity contribution in [2.45, 2.75) is 25.7 Å². The predicted octanol–water partition coefficient (Wildman–Crippen LogP) is 1.86. The van der Waals surface area contributed by atoms with Crippen LogP contribution in [0.3, 0.4) is 0 Å². The maximum absolute atomic E-state index is 11.8. The predicted molar refractivity (Wildman–Crippen MR) is 76.3 cm³/mol. The molecule has 0 atom stereocenters. The topological polar surface area (TPSA) is 101 Å². The Morgan fingerprint density at radius 3 is 2.67 bits per heavy atom. The van der Waals surface area contributed by atoms with E-state index in [-0.39, 0.29) is 17.9 Å². The number of methoxy groups -OCH3 is 1. The van der Waals surface area contributed by atoms with Gasteiger partial charge in [0.25, 0.3) is 0 Å². The minimum atomic E-state index is -0.823. The lowest BCUT2D eigenvalue weighted by atomic mass is 9.66. The molecule has 114 valence electrons. The van der Waals surface area contributed by atoms with Crippen molar-refractivity contribution in [1.29, 1.82) is 0 Å². The molecule has 0 unspecified atom stereocenters. The fourth-order valence-corrected chi connectivity index (χ4v) is 2.43. The largest absolute Gasteiger partial charge is 0.481 e. The first kappa shape index (κ1) is 15.1. The van der Waals surface area contributed by atoms with E-state index in [2.05, 4.69) is 15.6 Å². The summed E-state index contributed by atoms with van der Waals surface area (Å²) in [5, 5.41) is 14.3. The van der Waals surface area contributed by atoms with Gasteiger partial charge in [-0.3, -0.25) is 4.79 Å². The number of anilines is 1. The second kappa shape index (κ2) is 6.43. The summed E-state index contributed by atoms with van der Waals surface area (Å²) in [5.74, 6) is -0.355. The highest BCUT2D eigenvalue weighted by Gasteiger charge is 2.39. The zero-order valence-electron chi connectivity index (χ0n) is 11.9. The first-order valence-corrected chi connectivity index (χ1v) is 6.80. The number of carboxylic acids is 1. The van der Waals surface area contributed by atoms with Crippen molar-refractivity contribution >= 4 is 17.7 Å². The van der Waals surface area contributed by atoms with Gasteiger partial charge in [0.1, 0.15) is 0 Å². The first-order chi connectivity index (χ1) is 10.0. The van der Waals surface area contributed by atoms with E-state index in [0.717, 1.165) is 19.3 Å². The van der Waals surface area contributed by atoms with Crippen LogP contribution in [0.5, 0.6) is 5.88 Å². The fourth-order valence-electron chi connectivity index (χ4n) is 2.43. The third kappa shape index (κ3) is 4.08. The molecule has 1 saturated carbocycles. The number of carbonyl (C=O) groups is 2. The SMILES string of the molecule is COc1ccc(NC(=O)NCC2(CC(=O)O)CCC2)cn1. The highest BCUT2D eigenvalue weighted by atomic mass is 16.5. The van der Waals surface area contributed by atoms with E-state index >= 15 is 0 Å². The van der Waals surface area contributed by atoms with Crippen LogP contribution in [-0.4, -0.2) is 35.7 Å². The van der Waals surface area contributed by atoms with Crippen molar-refractivity contribution in [2.75, 3.05) is 19.0 Å². The molecule has 3 N–H and O–H groups in total. The molecule has 0 aromatic carbocycles. The Morgan fingerprint density at radius 1 is 1.43 bits per heavy atom. The Hall–Kier alpha value is -2.31. The van der Waals surface area contributed by atoms with E-state index in [1.807, 2.05) is 0 Å². The van der Waals surface area contributed by atoms with E-state index in [9.17, 15) is 9.59 Å². The molecule has 7 heteroatoms. The maximum atomic E-state index is 11.8. The molecule has 1 heterocycles. The van der Waals surface area contributed by atoms with Crippen molar-refractivity contribution in [3.05, 3.63) is 18.3 Å². The summed E-state index contributed by atoms with van der Waals surface area (Å²) in [7, 11) is 1.52. The Labute approximate surface area is 122 Å². The molecule has 0 saturated heterocycles. The van der Waals surface area contributed by atoms with Crippen molar-refractivity contribution in [1.82, 2.24) is 10.3 Å². The maximum Gasteiger partial charge on any atom is 0.319 e. The van der Waals surface area contributed by atoms with Crippen LogP contribution in [0.25, 0.3) is 0 Å². The summed E-state index contributed by atoms with van der Waals surface area (Å²) in [6, 6.07) is 2.97. The van der Waals surface area contributed by atoms with Gasteiger partial charge in [-0.1, -0.05) is 6.42 Å². The molecule has 0 bridgehead atoms. The average molecular weight is 293 g/mol. The number of hydrogen-bond donors (Lipinski definition) is 3. The van der Waals surface area contributed by atoms with E-state index in [1.165, 1.54) is 13.3 Å². The lowest BCUT2D eigenvalue weighted by molar-refractivity contribution is -0.141. The smallest absolute Gasteiger partial charge is 0.319 e. The summed E-state index contributed by atoms with van der Waals surface area (Å²) >= 11 is 0. The number of aromatic nitrogens is 1. The molecule has 21 heavy (non-hydrogen) atoms. The summed E-state index contributed by atoms with van der Waals surface area (Å²) in [6.45, 7) is 0.370. The highest BCUT2D eigenvalue weighted by Crippen LogP contribution is 2.43. The van der Waals surface area contributed by atoms with Gasteiger partial charge in [0.05, 0.1) is 25.4 Å². The minimum absolute atomic E-state index is 0.0946. The molecule has 2 amide bonds. The van der Waals surface area contributed by atoms with E-state index in [0.29, 0.717) is 18.1 Å². The number of rotatable bonds is 6. The zero-order valence-corrected chi connectivity index (χ0v) is 11.9. The molecule has 7 nitrogen and oxygen atoms in total. The van der Waals surface area contributed by atoms with E-state index < -0.39 is 5.97 Å². The molecular weight excluding hydrogens is 274 g/mol. The van der Waals surface area contributed by atoms with Gasteiger partial charge in [0, 0.05) is 12.6 Å². The monoisotopic (exact) mass is 293 g/mol. The molecule has 1 fully saturated rings. The molecule has 1 aromatic heterocycles. The standard InChI is InChI=1S/C14H19N3O4/c1-21-11-4-3-10(8-15-11)17-13(20)16-9-14(5-2-6-14)7-12(18)19/h3-4,8H,2,5-7,9H2,1H3,(H,18,19)(H2,16,17,20). The van der Waals surface area contributed by atoms with Crippen molar-refractivity contribution < 1.29 is 19.4 Å². The number of hydrogen-bond acceptors (Lipinski definition) is 4. The number of urea groups is 1. The summed E-state index contributed by atoms with van der Waals surface area (Å²) in [5.41, 5.74) is 0.260. The highest BCUT2D eigenvalue weighted by molar-refractivity contribution is 5.89. The number of carbonyl (C=O) groups excluding carboxylic acids is 1. The van der Waals surface area contributed by atoms with Gasteiger partial charge in [0.2, 0.25) is 5.88 Å². The number of ether oxygens (including phenoxy) is 1. The van der Waals surface area contributed by atoms with Crippen molar-refractivity contribution in [2.24, 2.45) is 5.41 Å². The lowest BCUT2D eigenvalue weighted by Crippen LogP contribution is -2.44. The summed E-state index contributed by atoms with van der Waals surface area (Å²) < 4.78 is 4.93. The van der Waals surface area contributed by atoms with Crippen molar-refractivity contribution in [3.8, 4) is 5.88 Å². The number of aliphatic carboxylic acids is 1. The Morgan fingerprint density at radius 2 is 2.19 bits per heavy atom. The summed E-state index contributed by atoms with van der Waals surface area (Å²) in [4.78, 5) is 26.6. The number of nitrogens with zero attached hydrogens (tertiary/aromatic N) is 1. The van der Waals surface area contributed by atoms with Gasteiger partial charge in [-0.2, -0.15) is 0 Å².